The fraction of sp³-hybridized carbons (Fsp3) is 0.938. The van der Waals surface area contributed by atoms with Gasteiger partial charge >= 0.3 is 0 Å². The average Bonchev–Trinajstić information content (AvgIpc) is 2.91. The van der Waals surface area contributed by atoms with Crippen LogP contribution in [0.15, 0.2) is 4.99 Å². The van der Waals surface area contributed by atoms with Gasteiger partial charge in [-0.1, -0.05) is 13.8 Å². The third-order valence-electron chi connectivity index (χ3n) is 4.06. The largest absolute Gasteiger partial charge is 0.357 e. The van der Waals surface area contributed by atoms with Gasteiger partial charge in [-0.15, -0.1) is 24.0 Å². The highest BCUT2D eigenvalue weighted by Crippen LogP contribution is 2.08. The zero-order valence-corrected chi connectivity index (χ0v) is 16.7. The zero-order valence-electron chi connectivity index (χ0n) is 14.3. The smallest absolute Gasteiger partial charge is 0.191 e. The molecule has 0 aliphatic carbocycles. The van der Waals surface area contributed by atoms with Crippen molar-refractivity contribution in [2.24, 2.45) is 10.9 Å². The fourth-order valence-electron chi connectivity index (χ4n) is 2.35. The van der Waals surface area contributed by atoms with Crippen LogP contribution in [0, 0.1) is 5.92 Å². The first-order valence-corrected chi connectivity index (χ1v) is 8.40. The molecule has 1 rings (SSSR count). The minimum Gasteiger partial charge on any atom is -0.357 e. The SMILES string of the molecule is CCNC(=NCCCCN1CCCC1)NC(C)C(C)C.I. The number of hydrogen-bond donors (Lipinski definition) is 2. The van der Waals surface area contributed by atoms with E-state index in [1.165, 1.54) is 45.3 Å². The zero-order chi connectivity index (χ0) is 14.8. The number of halogens is 1. The summed E-state index contributed by atoms with van der Waals surface area (Å²) in [6.07, 6.45) is 5.23. The number of nitrogens with one attached hydrogen (secondary N) is 2. The number of likely N-dealkylation sites (tertiary alicyclic amines) is 1. The van der Waals surface area contributed by atoms with Gasteiger partial charge in [0.25, 0.3) is 0 Å². The van der Waals surface area contributed by atoms with Crippen LogP contribution < -0.4 is 10.6 Å². The highest BCUT2D eigenvalue weighted by atomic mass is 127. The van der Waals surface area contributed by atoms with Crippen LogP contribution in [0.2, 0.25) is 0 Å². The van der Waals surface area contributed by atoms with Crippen LogP contribution in [0.1, 0.15) is 53.4 Å². The van der Waals surface area contributed by atoms with Gasteiger partial charge in [0.15, 0.2) is 5.96 Å². The van der Waals surface area contributed by atoms with Crippen LogP contribution in [-0.2, 0) is 0 Å². The van der Waals surface area contributed by atoms with Gasteiger partial charge in [-0.25, -0.2) is 0 Å². The lowest BCUT2D eigenvalue weighted by Crippen LogP contribution is -2.44. The van der Waals surface area contributed by atoms with Gasteiger partial charge in [-0.05, 0) is 65.1 Å². The van der Waals surface area contributed by atoms with Crippen molar-refractivity contribution in [3.8, 4) is 0 Å². The van der Waals surface area contributed by atoms with Crippen molar-refractivity contribution in [3.05, 3.63) is 0 Å². The molecule has 0 aromatic heterocycles. The fourth-order valence-corrected chi connectivity index (χ4v) is 2.35. The molecule has 5 heteroatoms. The number of aliphatic imine (C=N–C) groups is 1. The molecule has 2 N–H and O–H groups in total. The Kier molecular flexibility index (Phi) is 12.5. The maximum absolute atomic E-state index is 4.68. The lowest BCUT2D eigenvalue weighted by Gasteiger charge is -2.20. The van der Waals surface area contributed by atoms with Crippen LogP contribution in [0.25, 0.3) is 0 Å². The molecule has 126 valence electrons. The molecule has 0 radical (unpaired) electrons. The second kappa shape index (κ2) is 12.5. The second-order valence-electron chi connectivity index (χ2n) is 6.19. The Hall–Kier alpha value is -0.0400. The van der Waals surface area contributed by atoms with Crippen molar-refractivity contribution >= 4 is 29.9 Å². The molecular weight excluding hydrogens is 375 g/mol. The standard InChI is InChI=1S/C16H34N4.HI/c1-5-17-16(19-15(4)14(2)3)18-10-6-7-11-20-12-8-9-13-20;/h14-15H,5-13H2,1-4H3,(H2,17,18,19);1H. The number of hydrogen-bond acceptors (Lipinski definition) is 2. The monoisotopic (exact) mass is 410 g/mol. The number of unbranched alkanes of at least 4 members (excludes halogenated alkanes) is 1. The van der Waals surface area contributed by atoms with Crippen molar-refractivity contribution in [1.82, 2.24) is 15.5 Å². The summed E-state index contributed by atoms with van der Waals surface area (Å²) < 4.78 is 0. The molecular formula is C16H35IN4. The molecule has 0 amide bonds. The molecule has 0 aromatic carbocycles. The van der Waals surface area contributed by atoms with Crippen LogP contribution in [-0.4, -0.2) is 49.6 Å². The van der Waals surface area contributed by atoms with Crippen LogP contribution >= 0.6 is 24.0 Å². The molecule has 1 heterocycles. The van der Waals surface area contributed by atoms with E-state index in [1.807, 2.05) is 0 Å². The predicted molar refractivity (Wildman–Crippen MR) is 104 cm³/mol. The van der Waals surface area contributed by atoms with Gasteiger partial charge in [-0.2, -0.15) is 0 Å². The van der Waals surface area contributed by atoms with E-state index < -0.39 is 0 Å². The Balaban J connectivity index is 0.00000400. The maximum Gasteiger partial charge on any atom is 0.191 e. The molecule has 1 unspecified atom stereocenters. The highest BCUT2D eigenvalue weighted by Gasteiger charge is 2.10. The normalized spacial score (nSPS) is 17.7. The van der Waals surface area contributed by atoms with E-state index in [2.05, 4.69) is 48.2 Å². The summed E-state index contributed by atoms with van der Waals surface area (Å²) in [5.41, 5.74) is 0. The van der Waals surface area contributed by atoms with Crippen molar-refractivity contribution < 1.29 is 0 Å². The van der Waals surface area contributed by atoms with Gasteiger partial charge < -0.3 is 15.5 Å². The Morgan fingerprint density at radius 3 is 2.38 bits per heavy atom. The van der Waals surface area contributed by atoms with Crippen LogP contribution in [0.5, 0.6) is 0 Å². The van der Waals surface area contributed by atoms with Crippen molar-refractivity contribution in [1.29, 1.82) is 0 Å². The van der Waals surface area contributed by atoms with E-state index in [4.69, 9.17) is 0 Å². The molecule has 1 fully saturated rings. The minimum atomic E-state index is 0. The quantitative estimate of drug-likeness (QED) is 0.280. The molecule has 21 heavy (non-hydrogen) atoms. The van der Waals surface area contributed by atoms with Crippen LogP contribution in [0.3, 0.4) is 0 Å². The van der Waals surface area contributed by atoms with Crippen LogP contribution in [0.4, 0.5) is 0 Å². The third kappa shape index (κ3) is 9.55. The van der Waals surface area contributed by atoms with Crippen molar-refractivity contribution in [2.75, 3.05) is 32.7 Å². The maximum atomic E-state index is 4.68. The summed E-state index contributed by atoms with van der Waals surface area (Å²) >= 11 is 0. The predicted octanol–water partition coefficient (Wildman–Crippen LogP) is 3.08. The molecule has 1 aliphatic heterocycles. The number of guanidine groups is 1. The van der Waals surface area contributed by atoms with Crippen molar-refractivity contribution in [2.45, 2.75) is 59.4 Å². The Morgan fingerprint density at radius 1 is 1.14 bits per heavy atom. The molecule has 1 saturated heterocycles. The first-order chi connectivity index (χ1) is 9.63. The molecule has 0 bridgehead atoms. The van der Waals surface area contributed by atoms with E-state index in [-0.39, 0.29) is 24.0 Å². The van der Waals surface area contributed by atoms with Gasteiger partial charge in [-0.3, -0.25) is 4.99 Å². The Labute approximate surface area is 148 Å². The third-order valence-corrected chi connectivity index (χ3v) is 4.06. The molecule has 1 atom stereocenters. The first kappa shape index (κ1) is 21.0. The molecule has 4 nitrogen and oxygen atoms in total. The summed E-state index contributed by atoms with van der Waals surface area (Å²) in [4.78, 5) is 7.25. The number of nitrogens with zero attached hydrogens (tertiary/aromatic N) is 2. The summed E-state index contributed by atoms with van der Waals surface area (Å²) in [5.74, 6) is 1.59. The Morgan fingerprint density at radius 2 is 1.81 bits per heavy atom. The summed E-state index contributed by atoms with van der Waals surface area (Å²) in [7, 11) is 0. The van der Waals surface area contributed by atoms with E-state index in [0.717, 1.165) is 19.0 Å². The minimum absolute atomic E-state index is 0. The topological polar surface area (TPSA) is 39.7 Å². The molecule has 0 aromatic rings. The number of rotatable bonds is 8. The van der Waals surface area contributed by atoms with E-state index in [9.17, 15) is 0 Å². The van der Waals surface area contributed by atoms with Gasteiger partial charge in [0, 0.05) is 19.1 Å². The summed E-state index contributed by atoms with van der Waals surface area (Å²) in [6, 6.07) is 0.456. The first-order valence-electron chi connectivity index (χ1n) is 8.40. The van der Waals surface area contributed by atoms with Crippen molar-refractivity contribution in [3.63, 3.8) is 0 Å². The molecule has 0 saturated carbocycles. The molecule has 0 spiro atoms. The summed E-state index contributed by atoms with van der Waals surface area (Å²) in [5, 5.41) is 6.81. The van der Waals surface area contributed by atoms with Gasteiger partial charge in [0.1, 0.15) is 0 Å². The van der Waals surface area contributed by atoms with Gasteiger partial charge in [0.2, 0.25) is 0 Å². The Bertz CT molecular complexity index is 275. The highest BCUT2D eigenvalue weighted by molar-refractivity contribution is 14.0. The van der Waals surface area contributed by atoms with E-state index in [0.29, 0.717) is 12.0 Å². The lowest BCUT2D eigenvalue weighted by molar-refractivity contribution is 0.331. The second-order valence-corrected chi connectivity index (χ2v) is 6.19. The summed E-state index contributed by atoms with van der Waals surface area (Å²) in [6.45, 7) is 14.5. The average molecular weight is 410 g/mol. The lowest BCUT2D eigenvalue weighted by atomic mass is 10.1. The van der Waals surface area contributed by atoms with E-state index in [1.54, 1.807) is 0 Å². The van der Waals surface area contributed by atoms with E-state index >= 15 is 0 Å². The molecule has 1 aliphatic rings. The van der Waals surface area contributed by atoms with Gasteiger partial charge in [0.05, 0.1) is 0 Å².